The van der Waals surface area contributed by atoms with Gasteiger partial charge in [-0.3, -0.25) is 4.98 Å². The Morgan fingerprint density at radius 1 is 0.826 bits per heavy atom. The molecule has 2 heterocycles. The molecule has 0 N–H and O–H groups in total. The van der Waals surface area contributed by atoms with E-state index in [-0.39, 0.29) is 0 Å². The van der Waals surface area contributed by atoms with Crippen molar-refractivity contribution in [2.24, 2.45) is 0 Å². The smallest absolute Gasteiger partial charge is 0.123 e. The van der Waals surface area contributed by atoms with Gasteiger partial charge in [0, 0.05) is 22.7 Å². The van der Waals surface area contributed by atoms with E-state index in [1.54, 1.807) is 4.80 Å². The molecule has 112 valence electrons. The highest BCUT2D eigenvalue weighted by Crippen LogP contribution is 2.32. The molecule has 0 aliphatic carbocycles. The van der Waals surface area contributed by atoms with Gasteiger partial charge in [0.2, 0.25) is 0 Å². The van der Waals surface area contributed by atoms with Crippen LogP contribution in [0.4, 0.5) is 0 Å². The van der Waals surface area contributed by atoms with E-state index in [2.05, 4.69) is 40.4 Å². The molecule has 0 aliphatic heterocycles. The maximum Gasteiger partial charge on any atom is 0.123 e. The van der Waals surface area contributed by atoms with Crippen molar-refractivity contribution in [3.63, 3.8) is 0 Å². The minimum absolute atomic E-state index is 0.734. The third kappa shape index (κ3) is 2.38. The summed E-state index contributed by atoms with van der Waals surface area (Å²) in [7, 11) is 0. The molecule has 2 aromatic carbocycles. The van der Waals surface area contributed by atoms with Gasteiger partial charge in [-0.1, -0.05) is 54.6 Å². The number of benzene rings is 2. The Labute approximate surface area is 134 Å². The maximum atomic E-state index is 4.69. The van der Waals surface area contributed by atoms with Gasteiger partial charge in [0.05, 0.1) is 12.1 Å². The molecule has 4 rings (SSSR count). The summed E-state index contributed by atoms with van der Waals surface area (Å²) in [5.74, 6) is 0. The topological polar surface area (TPSA) is 43.6 Å². The Hall–Kier alpha value is -3.01. The van der Waals surface area contributed by atoms with Gasteiger partial charge in [-0.2, -0.15) is 15.0 Å². The molecule has 0 unspecified atom stereocenters. The number of pyridine rings is 1. The number of aromatic nitrogens is 4. The fourth-order valence-corrected chi connectivity index (χ4v) is 2.76. The first-order valence-corrected chi connectivity index (χ1v) is 7.71. The van der Waals surface area contributed by atoms with Gasteiger partial charge in [0.15, 0.2) is 0 Å². The van der Waals surface area contributed by atoms with Crippen LogP contribution in [0.5, 0.6) is 0 Å². The number of rotatable bonds is 3. The molecule has 23 heavy (non-hydrogen) atoms. The molecule has 0 aliphatic rings. The number of hydrogen-bond acceptors (Lipinski definition) is 3. The van der Waals surface area contributed by atoms with Crippen LogP contribution in [0.2, 0.25) is 0 Å². The summed E-state index contributed by atoms with van der Waals surface area (Å²) in [5.41, 5.74) is 4.81. The van der Waals surface area contributed by atoms with E-state index >= 15 is 0 Å². The number of fused-ring (bicyclic) bond motifs is 1. The third-order valence-electron chi connectivity index (χ3n) is 3.87. The lowest BCUT2D eigenvalue weighted by atomic mass is 10.0. The van der Waals surface area contributed by atoms with Crippen molar-refractivity contribution in [2.75, 3.05) is 0 Å². The molecule has 0 spiro atoms. The highest BCUT2D eigenvalue weighted by molar-refractivity contribution is 5.95. The summed E-state index contributed by atoms with van der Waals surface area (Å²) < 4.78 is 0. The maximum absolute atomic E-state index is 4.69. The van der Waals surface area contributed by atoms with Crippen molar-refractivity contribution in [3.8, 4) is 22.5 Å². The molecule has 4 nitrogen and oxygen atoms in total. The average molecular weight is 300 g/mol. The molecular weight excluding hydrogens is 284 g/mol. The van der Waals surface area contributed by atoms with Gasteiger partial charge < -0.3 is 0 Å². The zero-order chi connectivity index (χ0) is 15.6. The Morgan fingerprint density at radius 3 is 2.43 bits per heavy atom. The second-order valence-corrected chi connectivity index (χ2v) is 5.33. The molecular formula is C19H16N4. The molecule has 0 saturated heterocycles. The zero-order valence-corrected chi connectivity index (χ0v) is 12.8. The fraction of sp³-hybridized carbons (Fsp3) is 0.105. The van der Waals surface area contributed by atoms with Crippen LogP contribution < -0.4 is 0 Å². The van der Waals surface area contributed by atoms with Crippen LogP contribution in [-0.4, -0.2) is 20.0 Å². The Balaban J connectivity index is 2.00. The van der Waals surface area contributed by atoms with Gasteiger partial charge in [-0.15, -0.1) is 0 Å². The highest BCUT2D eigenvalue weighted by atomic mass is 15.5. The van der Waals surface area contributed by atoms with Crippen molar-refractivity contribution in [2.45, 2.75) is 13.5 Å². The zero-order valence-electron chi connectivity index (χ0n) is 12.8. The average Bonchev–Trinajstić information content (AvgIpc) is 3.06. The Bertz CT molecular complexity index is 952. The first-order chi connectivity index (χ1) is 11.4. The van der Waals surface area contributed by atoms with Gasteiger partial charge in [0.25, 0.3) is 0 Å². The van der Waals surface area contributed by atoms with Gasteiger partial charge in [-0.05, 0) is 13.0 Å². The predicted octanol–water partition coefficient (Wildman–Crippen LogP) is 4.18. The molecule has 0 amide bonds. The normalized spacial score (nSPS) is 11.0. The molecule has 0 fully saturated rings. The predicted molar refractivity (Wildman–Crippen MR) is 91.9 cm³/mol. The minimum Gasteiger partial charge on any atom is -0.256 e. The first kappa shape index (κ1) is 13.6. The summed E-state index contributed by atoms with van der Waals surface area (Å²) in [5, 5.41) is 10.5. The molecule has 4 heteroatoms. The largest absolute Gasteiger partial charge is 0.256 e. The lowest BCUT2D eigenvalue weighted by Gasteiger charge is -2.04. The fourth-order valence-electron chi connectivity index (χ4n) is 2.76. The van der Waals surface area contributed by atoms with Crippen molar-refractivity contribution in [3.05, 3.63) is 66.9 Å². The van der Waals surface area contributed by atoms with Crippen LogP contribution in [0.15, 0.2) is 66.9 Å². The molecule has 0 saturated carbocycles. The lowest BCUT2D eigenvalue weighted by molar-refractivity contribution is 0.572. The first-order valence-electron chi connectivity index (χ1n) is 7.71. The van der Waals surface area contributed by atoms with E-state index < -0.39 is 0 Å². The van der Waals surface area contributed by atoms with Crippen LogP contribution >= 0.6 is 0 Å². The van der Waals surface area contributed by atoms with E-state index in [1.807, 2.05) is 43.5 Å². The van der Waals surface area contributed by atoms with E-state index in [0.717, 1.165) is 40.0 Å². The molecule has 0 atom stereocenters. The SMILES string of the molecule is CCn1nc(-c2ccccc2)c(-c2cccc3cccnc23)n1. The summed E-state index contributed by atoms with van der Waals surface area (Å²) in [6, 6.07) is 20.4. The monoisotopic (exact) mass is 300 g/mol. The number of hydrogen-bond donors (Lipinski definition) is 0. The summed E-state index contributed by atoms with van der Waals surface area (Å²) in [4.78, 5) is 6.29. The molecule has 0 bridgehead atoms. The quantitative estimate of drug-likeness (QED) is 0.570. The van der Waals surface area contributed by atoms with Gasteiger partial charge >= 0.3 is 0 Å². The highest BCUT2D eigenvalue weighted by Gasteiger charge is 2.17. The van der Waals surface area contributed by atoms with Crippen LogP contribution in [0.1, 0.15) is 6.92 Å². The van der Waals surface area contributed by atoms with Gasteiger partial charge in [0.1, 0.15) is 11.4 Å². The molecule has 4 aromatic rings. The summed E-state index contributed by atoms with van der Waals surface area (Å²) in [6.45, 7) is 2.78. The van der Waals surface area contributed by atoms with Gasteiger partial charge in [-0.25, -0.2) is 0 Å². The van der Waals surface area contributed by atoms with Crippen molar-refractivity contribution < 1.29 is 0 Å². The molecule has 0 radical (unpaired) electrons. The van der Waals surface area contributed by atoms with E-state index in [4.69, 9.17) is 5.10 Å². The second-order valence-electron chi connectivity index (χ2n) is 5.33. The van der Waals surface area contributed by atoms with Crippen LogP contribution in [0, 0.1) is 0 Å². The van der Waals surface area contributed by atoms with E-state index in [0.29, 0.717) is 0 Å². The van der Waals surface area contributed by atoms with Crippen LogP contribution in [0.25, 0.3) is 33.4 Å². The lowest BCUT2D eigenvalue weighted by Crippen LogP contribution is -1.98. The van der Waals surface area contributed by atoms with E-state index in [9.17, 15) is 0 Å². The van der Waals surface area contributed by atoms with Crippen molar-refractivity contribution in [1.82, 2.24) is 20.0 Å². The Kier molecular flexibility index (Phi) is 3.35. The van der Waals surface area contributed by atoms with Crippen molar-refractivity contribution >= 4 is 10.9 Å². The van der Waals surface area contributed by atoms with E-state index in [1.165, 1.54) is 0 Å². The second kappa shape index (κ2) is 5.65. The number of nitrogens with zero attached hydrogens (tertiary/aromatic N) is 4. The standard InChI is InChI=1S/C19H16N4/c1-2-23-21-18(15-8-4-3-5-9-15)19(22-23)16-12-6-10-14-11-7-13-20-17(14)16/h3-13H,2H2,1H3. The van der Waals surface area contributed by atoms with Crippen LogP contribution in [0.3, 0.4) is 0 Å². The van der Waals surface area contributed by atoms with Crippen molar-refractivity contribution in [1.29, 1.82) is 0 Å². The summed E-state index contributed by atoms with van der Waals surface area (Å²) in [6.07, 6.45) is 1.82. The van der Waals surface area contributed by atoms with Crippen LogP contribution in [-0.2, 0) is 6.54 Å². The Morgan fingerprint density at radius 2 is 1.61 bits per heavy atom. The molecule has 2 aromatic heterocycles. The third-order valence-corrected chi connectivity index (χ3v) is 3.87. The number of aryl methyl sites for hydroxylation is 1. The summed E-state index contributed by atoms with van der Waals surface area (Å²) >= 11 is 0. The minimum atomic E-state index is 0.734. The number of para-hydroxylation sites is 1.